The van der Waals surface area contributed by atoms with Crippen molar-refractivity contribution in [2.45, 2.75) is 18.6 Å². The van der Waals surface area contributed by atoms with E-state index in [4.69, 9.17) is 0 Å². The molecule has 1 aromatic rings. The van der Waals surface area contributed by atoms with Crippen molar-refractivity contribution in [3.05, 3.63) is 33.9 Å². The van der Waals surface area contributed by atoms with E-state index in [2.05, 4.69) is 5.32 Å². The van der Waals surface area contributed by atoms with Crippen LogP contribution in [-0.2, 0) is 6.18 Å². The predicted molar refractivity (Wildman–Crippen MR) is 67.8 cm³/mol. The number of hydrogen-bond donors (Lipinski definition) is 1. The monoisotopic (exact) mass is 289 g/mol. The van der Waals surface area contributed by atoms with E-state index in [0.29, 0.717) is 19.2 Å². The lowest BCUT2D eigenvalue weighted by atomic mass is 10.1. The van der Waals surface area contributed by atoms with Crippen LogP contribution in [0.15, 0.2) is 18.2 Å². The first-order valence-corrected chi connectivity index (χ1v) is 6.10. The molecule has 0 aliphatic carbocycles. The Morgan fingerprint density at radius 3 is 2.65 bits per heavy atom. The SMILES string of the molecule is CNC1CCN(c2ccc(C(F)(F)F)cc2[N+](=O)[O-])C1. The van der Waals surface area contributed by atoms with Gasteiger partial charge in [0, 0.05) is 25.2 Å². The Labute approximate surface area is 113 Å². The molecule has 1 unspecified atom stereocenters. The van der Waals surface area contributed by atoms with Crippen LogP contribution in [0, 0.1) is 10.1 Å². The zero-order valence-corrected chi connectivity index (χ0v) is 10.8. The molecule has 0 radical (unpaired) electrons. The lowest BCUT2D eigenvalue weighted by Gasteiger charge is -2.19. The standard InChI is InChI=1S/C12H14F3N3O2/c1-16-9-4-5-17(7-9)10-3-2-8(12(13,14)15)6-11(10)18(19)20/h2-3,6,9,16H,4-5,7H2,1H3. The summed E-state index contributed by atoms with van der Waals surface area (Å²) in [6.45, 7) is 1.13. The number of anilines is 1. The smallest absolute Gasteiger partial charge is 0.364 e. The number of halogens is 3. The lowest BCUT2D eigenvalue weighted by molar-refractivity contribution is -0.384. The second-order valence-electron chi connectivity index (χ2n) is 4.68. The van der Waals surface area contributed by atoms with Crippen LogP contribution in [0.3, 0.4) is 0 Å². The van der Waals surface area contributed by atoms with Crippen molar-refractivity contribution in [1.82, 2.24) is 5.32 Å². The molecule has 1 heterocycles. The normalized spacial score (nSPS) is 19.4. The van der Waals surface area contributed by atoms with Gasteiger partial charge in [0.05, 0.1) is 10.5 Å². The lowest BCUT2D eigenvalue weighted by Crippen LogP contribution is -2.29. The highest BCUT2D eigenvalue weighted by atomic mass is 19.4. The molecule has 1 aromatic carbocycles. The first-order chi connectivity index (χ1) is 9.32. The van der Waals surface area contributed by atoms with Gasteiger partial charge in [-0.2, -0.15) is 13.2 Å². The molecule has 0 amide bonds. The summed E-state index contributed by atoms with van der Waals surface area (Å²) in [6.07, 6.45) is -3.78. The third-order valence-corrected chi connectivity index (χ3v) is 3.44. The number of nitrogens with one attached hydrogen (secondary N) is 1. The second-order valence-corrected chi connectivity index (χ2v) is 4.68. The fourth-order valence-corrected chi connectivity index (χ4v) is 2.33. The number of rotatable bonds is 3. The number of hydrogen-bond acceptors (Lipinski definition) is 4. The van der Waals surface area contributed by atoms with Gasteiger partial charge >= 0.3 is 6.18 Å². The molecule has 8 heteroatoms. The molecular weight excluding hydrogens is 275 g/mol. The maximum absolute atomic E-state index is 12.6. The van der Waals surface area contributed by atoms with Gasteiger partial charge in [-0.3, -0.25) is 10.1 Å². The summed E-state index contributed by atoms with van der Waals surface area (Å²) < 4.78 is 37.8. The Hall–Kier alpha value is -1.83. The van der Waals surface area contributed by atoms with Crippen molar-refractivity contribution in [2.75, 3.05) is 25.0 Å². The summed E-state index contributed by atoms with van der Waals surface area (Å²) in [4.78, 5) is 12.0. The van der Waals surface area contributed by atoms with Gasteiger partial charge in [-0.25, -0.2) is 0 Å². The van der Waals surface area contributed by atoms with Gasteiger partial charge in [-0.05, 0) is 25.6 Å². The Kier molecular flexibility index (Phi) is 3.85. The van der Waals surface area contributed by atoms with Gasteiger partial charge in [0.15, 0.2) is 0 Å². The minimum Gasteiger partial charge on any atom is -0.364 e. The average molecular weight is 289 g/mol. The summed E-state index contributed by atoms with van der Waals surface area (Å²) in [7, 11) is 1.79. The maximum atomic E-state index is 12.6. The average Bonchev–Trinajstić information content (AvgIpc) is 2.85. The largest absolute Gasteiger partial charge is 0.416 e. The van der Waals surface area contributed by atoms with E-state index in [1.54, 1.807) is 11.9 Å². The molecule has 110 valence electrons. The molecule has 0 aromatic heterocycles. The highest BCUT2D eigenvalue weighted by molar-refractivity contribution is 5.65. The molecular formula is C12H14F3N3O2. The molecule has 0 saturated carbocycles. The molecule has 20 heavy (non-hydrogen) atoms. The minimum absolute atomic E-state index is 0.192. The van der Waals surface area contributed by atoms with Crippen LogP contribution >= 0.6 is 0 Å². The van der Waals surface area contributed by atoms with Crippen LogP contribution in [0.2, 0.25) is 0 Å². The predicted octanol–water partition coefficient (Wildman–Crippen LogP) is 2.41. The number of nitro benzene ring substituents is 1. The van der Waals surface area contributed by atoms with Gasteiger partial charge in [0.1, 0.15) is 5.69 Å². The van der Waals surface area contributed by atoms with E-state index >= 15 is 0 Å². The van der Waals surface area contributed by atoms with Crippen molar-refractivity contribution in [3.8, 4) is 0 Å². The van der Waals surface area contributed by atoms with Crippen molar-refractivity contribution >= 4 is 11.4 Å². The van der Waals surface area contributed by atoms with Crippen LogP contribution in [0.5, 0.6) is 0 Å². The first-order valence-electron chi connectivity index (χ1n) is 6.10. The van der Waals surface area contributed by atoms with E-state index in [9.17, 15) is 23.3 Å². The van der Waals surface area contributed by atoms with E-state index in [1.165, 1.54) is 6.07 Å². The summed E-state index contributed by atoms with van der Waals surface area (Å²) in [6, 6.07) is 2.85. The van der Waals surface area contributed by atoms with Crippen molar-refractivity contribution < 1.29 is 18.1 Å². The molecule has 1 N–H and O–H groups in total. The molecule has 0 bridgehead atoms. The van der Waals surface area contributed by atoms with Crippen LogP contribution in [0.1, 0.15) is 12.0 Å². The van der Waals surface area contributed by atoms with Gasteiger partial charge in [0.2, 0.25) is 0 Å². The Morgan fingerprint density at radius 1 is 1.45 bits per heavy atom. The summed E-state index contributed by atoms with van der Waals surface area (Å²) in [5.74, 6) is 0. The van der Waals surface area contributed by atoms with Crippen LogP contribution in [0.4, 0.5) is 24.5 Å². The zero-order valence-electron chi connectivity index (χ0n) is 10.8. The van der Waals surface area contributed by atoms with E-state index in [1.807, 2.05) is 0 Å². The maximum Gasteiger partial charge on any atom is 0.416 e. The van der Waals surface area contributed by atoms with Crippen LogP contribution in [-0.4, -0.2) is 31.1 Å². The molecule has 1 saturated heterocycles. The molecule has 1 atom stereocenters. The fourth-order valence-electron chi connectivity index (χ4n) is 2.33. The molecule has 1 aliphatic heterocycles. The van der Waals surface area contributed by atoms with Crippen LogP contribution < -0.4 is 10.2 Å². The van der Waals surface area contributed by atoms with Crippen molar-refractivity contribution in [1.29, 1.82) is 0 Å². The Bertz CT molecular complexity index is 519. The number of benzene rings is 1. The van der Waals surface area contributed by atoms with Gasteiger partial charge in [0.25, 0.3) is 5.69 Å². The third-order valence-electron chi connectivity index (χ3n) is 3.44. The molecule has 0 spiro atoms. The molecule has 5 nitrogen and oxygen atoms in total. The van der Waals surface area contributed by atoms with E-state index < -0.39 is 22.4 Å². The second kappa shape index (κ2) is 5.28. The van der Waals surface area contributed by atoms with Gasteiger partial charge in [-0.1, -0.05) is 0 Å². The third kappa shape index (κ3) is 2.84. The quantitative estimate of drug-likeness (QED) is 0.686. The van der Waals surface area contributed by atoms with Crippen molar-refractivity contribution in [2.24, 2.45) is 0 Å². The van der Waals surface area contributed by atoms with Gasteiger partial charge < -0.3 is 10.2 Å². The summed E-state index contributed by atoms with van der Waals surface area (Å²) in [5, 5.41) is 14.1. The number of likely N-dealkylation sites (N-methyl/N-ethyl adjacent to an activating group) is 1. The van der Waals surface area contributed by atoms with E-state index in [-0.39, 0.29) is 11.7 Å². The molecule has 2 rings (SSSR count). The van der Waals surface area contributed by atoms with Gasteiger partial charge in [-0.15, -0.1) is 0 Å². The van der Waals surface area contributed by atoms with E-state index in [0.717, 1.165) is 12.5 Å². The number of nitro groups is 1. The molecule has 1 fully saturated rings. The topological polar surface area (TPSA) is 58.4 Å². The van der Waals surface area contributed by atoms with Crippen molar-refractivity contribution in [3.63, 3.8) is 0 Å². The zero-order chi connectivity index (χ0) is 14.9. The number of nitrogens with zero attached hydrogens (tertiary/aromatic N) is 2. The first kappa shape index (κ1) is 14.6. The highest BCUT2D eigenvalue weighted by Gasteiger charge is 2.34. The Balaban J connectivity index is 2.36. The summed E-state index contributed by atoms with van der Waals surface area (Å²) in [5.41, 5.74) is -1.27. The fraction of sp³-hybridized carbons (Fsp3) is 0.500. The Morgan fingerprint density at radius 2 is 2.15 bits per heavy atom. The molecule has 1 aliphatic rings. The number of alkyl halides is 3. The summed E-state index contributed by atoms with van der Waals surface area (Å²) >= 11 is 0. The highest BCUT2D eigenvalue weighted by Crippen LogP contribution is 2.37. The minimum atomic E-state index is -4.58. The van der Waals surface area contributed by atoms with Crippen LogP contribution in [0.25, 0.3) is 0 Å².